The number of hydrogen-bond donors (Lipinski definition) is 3. The second-order valence-corrected chi connectivity index (χ2v) is 8.08. The van der Waals surface area contributed by atoms with Crippen LogP contribution in [0.4, 0.5) is 15.9 Å². The number of hydrogen-bond acceptors (Lipinski definition) is 7. The van der Waals surface area contributed by atoms with Crippen LogP contribution < -0.4 is 20.1 Å². The van der Waals surface area contributed by atoms with E-state index in [-0.39, 0.29) is 27.3 Å². The summed E-state index contributed by atoms with van der Waals surface area (Å²) in [6.07, 6.45) is 1.17. The lowest BCUT2D eigenvalue weighted by Gasteiger charge is -2.11. The maximum absolute atomic E-state index is 13.2. The number of benzene rings is 2. The van der Waals surface area contributed by atoms with E-state index in [0.29, 0.717) is 5.69 Å². The van der Waals surface area contributed by atoms with Crippen LogP contribution in [0.15, 0.2) is 65.8 Å². The Morgan fingerprint density at radius 2 is 1.84 bits per heavy atom. The first-order valence-electron chi connectivity index (χ1n) is 8.63. The summed E-state index contributed by atoms with van der Waals surface area (Å²) >= 11 is 5.07. The molecule has 3 N–H and O–H groups in total. The van der Waals surface area contributed by atoms with Crippen molar-refractivity contribution in [3.63, 3.8) is 0 Å². The van der Waals surface area contributed by atoms with Crippen LogP contribution in [-0.4, -0.2) is 36.5 Å². The van der Waals surface area contributed by atoms with Crippen molar-refractivity contribution >= 4 is 44.8 Å². The van der Waals surface area contributed by atoms with Gasteiger partial charge in [0.25, 0.3) is 15.9 Å². The van der Waals surface area contributed by atoms with Gasteiger partial charge in [-0.15, -0.1) is 0 Å². The highest BCUT2D eigenvalue weighted by molar-refractivity contribution is 7.92. The van der Waals surface area contributed by atoms with E-state index in [1.54, 1.807) is 0 Å². The predicted molar refractivity (Wildman–Crippen MR) is 116 cm³/mol. The Labute approximate surface area is 182 Å². The maximum atomic E-state index is 13.2. The Kier molecular flexibility index (Phi) is 6.72. The van der Waals surface area contributed by atoms with Crippen LogP contribution in [0, 0.1) is 5.82 Å². The Morgan fingerprint density at radius 3 is 2.52 bits per heavy atom. The highest BCUT2D eigenvalue weighted by atomic mass is 32.2. The number of aromatic nitrogens is 2. The molecule has 0 aliphatic carbocycles. The minimum Gasteiger partial charge on any atom is -0.481 e. The van der Waals surface area contributed by atoms with E-state index in [2.05, 4.69) is 25.3 Å². The van der Waals surface area contributed by atoms with Crippen molar-refractivity contribution in [1.29, 1.82) is 0 Å². The van der Waals surface area contributed by atoms with Gasteiger partial charge in [0.05, 0.1) is 12.0 Å². The molecular formula is C19H16FN5O4S2. The number of methoxy groups -OCH3 is 1. The van der Waals surface area contributed by atoms with Crippen LogP contribution in [0.1, 0.15) is 10.4 Å². The Balaban J connectivity index is 1.63. The van der Waals surface area contributed by atoms with Crippen molar-refractivity contribution in [3.05, 3.63) is 72.3 Å². The van der Waals surface area contributed by atoms with E-state index >= 15 is 0 Å². The zero-order valence-corrected chi connectivity index (χ0v) is 17.6. The number of carbonyl (C=O) groups excluding carboxylic acids is 1. The summed E-state index contributed by atoms with van der Waals surface area (Å²) in [6, 6.07) is 12.1. The standard InChI is InChI=1S/C19H16FN5O4S2/c1-29-17-10-16(21-11-22-17)25-31(27,28)15-7-5-14(6-8-15)23-19(30)24-18(26)12-3-2-4-13(20)9-12/h2-11H,1H3,(H,21,22,25)(H2,23,24,26,30). The van der Waals surface area contributed by atoms with E-state index in [0.717, 1.165) is 6.07 Å². The molecule has 1 aromatic heterocycles. The van der Waals surface area contributed by atoms with Crippen molar-refractivity contribution in [2.75, 3.05) is 17.1 Å². The van der Waals surface area contributed by atoms with Gasteiger partial charge in [0, 0.05) is 17.3 Å². The van der Waals surface area contributed by atoms with Crippen LogP contribution in [-0.2, 0) is 10.0 Å². The third-order valence-corrected chi connectivity index (χ3v) is 5.40. The SMILES string of the molecule is COc1cc(NS(=O)(=O)c2ccc(NC(=S)NC(=O)c3cccc(F)c3)cc2)ncn1. The predicted octanol–water partition coefficient (Wildman–Crippen LogP) is 2.55. The van der Waals surface area contributed by atoms with Gasteiger partial charge < -0.3 is 10.1 Å². The monoisotopic (exact) mass is 461 g/mol. The molecule has 0 atom stereocenters. The van der Waals surface area contributed by atoms with Gasteiger partial charge in [-0.2, -0.15) is 0 Å². The first-order valence-corrected chi connectivity index (χ1v) is 10.5. The second-order valence-electron chi connectivity index (χ2n) is 5.99. The highest BCUT2D eigenvalue weighted by Crippen LogP contribution is 2.18. The molecule has 0 bridgehead atoms. The van der Waals surface area contributed by atoms with Gasteiger partial charge in [0.1, 0.15) is 18.0 Å². The molecule has 0 fully saturated rings. The molecule has 31 heavy (non-hydrogen) atoms. The molecule has 1 amide bonds. The lowest BCUT2D eigenvalue weighted by Crippen LogP contribution is -2.34. The average Bonchev–Trinajstić information content (AvgIpc) is 2.74. The zero-order valence-electron chi connectivity index (χ0n) is 16.0. The molecule has 0 aliphatic rings. The summed E-state index contributed by atoms with van der Waals surface area (Å²) in [6.45, 7) is 0. The fraction of sp³-hybridized carbons (Fsp3) is 0.0526. The molecule has 0 spiro atoms. The normalized spacial score (nSPS) is 10.8. The third kappa shape index (κ3) is 5.93. The van der Waals surface area contributed by atoms with Gasteiger partial charge in [-0.25, -0.2) is 22.8 Å². The molecular weight excluding hydrogens is 445 g/mol. The van der Waals surface area contributed by atoms with Crippen LogP contribution >= 0.6 is 12.2 Å². The van der Waals surface area contributed by atoms with Crippen molar-refractivity contribution < 1.29 is 22.3 Å². The fourth-order valence-corrected chi connectivity index (χ4v) is 3.60. The van der Waals surface area contributed by atoms with E-state index in [4.69, 9.17) is 17.0 Å². The van der Waals surface area contributed by atoms with E-state index in [9.17, 15) is 17.6 Å². The number of rotatable bonds is 6. The summed E-state index contributed by atoms with van der Waals surface area (Å²) in [5.41, 5.74) is 0.546. The van der Waals surface area contributed by atoms with Gasteiger partial charge in [-0.05, 0) is 54.7 Å². The molecule has 0 aliphatic heterocycles. The molecule has 3 rings (SSSR count). The Morgan fingerprint density at radius 1 is 1.10 bits per heavy atom. The number of carbonyl (C=O) groups is 1. The fourth-order valence-electron chi connectivity index (χ4n) is 2.39. The Bertz CT molecular complexity index is 1220. The Hall–Kier alpha value is -3.64. The number of nitrogens with one attached hydrogen (secondary N) is 3. The molecule has 1 heterocycles. The number of anilines is 2. The number of ether oxygens (including phenoxy) is 1. The lowest BCUT2D eigenvalue weighted by atomic mass is 10.2. The minimum atomic E-state index is -3.90. The number of sulfonamides is 1. The average molecular weight is 462 g/mol. The van der Waals surface area contributed by atoms with Crippen molar-refractivity contribution in [2.24, 2.45) is 0 Å². The minimum absolute atomic E-state index is 0.0228. The molecule has 0 unspecified atom stereocenters. The van der Waals surface area contributed by atoms with Gasteiger partial charge >= 0.3 is 0 Å². The number of halogens is 1. The topological polar surface area (TPSA) is 122 Å². The number of nitrogens with zero attached hydrogens (tertiary/aromatic N) is 2. The molecule has 0 radical (unpaired) electrons. The maximum Gasteiger partial charge on any atom is 0.263 e. The molecule has 3 aromatic rings. The zero-order chi connectivity index (χ0) is 22.4. The highest BCUT2D eigenvalue weighted by Gasteiger charge is 2.16. The van der Waals surface area contributed by atoms with Gasteiger partial charge in [-0.1, -0.05) is 6.07 Å². The van der Waals surface area contributed by atoms with Crippen LogP contribution in [0.3, 0.4) is 0 Å². The molecule has 2 aromatic carbocycles. The van der Waals surface area contributed by atoms with Crippen molar-refractivity contribution in [2.45, 2.75) is 4.90 Å². The van der Waals surface area contributed by atoms with E-state index in [1.165, 1.54) is 62.0 Å². The van der Waals surface area contributed by atoms with Crippen LogP contribution in [0.5, 0.6) is 5.88 Å². The molecule has 12 heteroatoms. The van der Waals surface area contributed by atoms with Gasteiger partial charge in [0.15, 0.2) is 5.11 Å². The largest absolute Gasteiger partial charge is 0.481 e. The van der Waals surface area contributed by atoms with Crippen LogP contribution in [0.2, 0.25) is 0 Å². The molecule has 0 saturated carbocycles. The third-order valence-electron chi connectivity index (χ3n) is 3.83. The summed E-state index contributed by atoms with van der Waals surface area (Å²) in [4.78, 5) is 19.7. The van der Waals surface area contributed by atoms with E-state index in [1.807, 2.05) is 0 Å². The quantitative estimate of drug-likeness (QED) is 0.479. The molecule has 0 saturated heterocycles. The summed E-state index contributed by atoms with van der Waals surface area (Å²) < 4.78 is 45.5. The lowest BCUT2D eigenvalue weighted by molar-refractivity contribution is 0.0977. The summed E-state index contributed by atoms with van der Waals surface area (Å²) in [5.74, 6) is -0.866. The number of thiocarbonyl (C=S) groups is 1. The van der Waals surface area contributed by atoms with Crippen molar-refractivity contribution in [3.8, 4) is 5.88 Å². The first-order chi connectivity index (χ1) is 14.8. The van der Waals surface area contributed by atoms with E-state index < -0.39 is 21.7 Å². The van der Waals surface area contributed by atoms with Crippen LogP contribution in [0.25, 0.3) is 0 Å². The van der Waals surface area contributed by atoms with Gasteiger partial charge in [-0.3, -0.25) is 14.8 Å². The summed E-state index contributed by atoms with van der Waals surface area (Å²) in [7, 11) is -2.50. The molecule has 160 valence electrons. The second kappa shape index (κ2) is 9.45. The number of amides is 1. The van der Waals surface area contributed by atoms with Crippen molar-refractivity contribution in [1.82, 2.24) is 15.3 Å². The summed E-state index contributed by atoms with van der Waals surface area (Å²) in [5, 5.41) is 5.14. The smallest absolute Gasteiger partial charge is 0.263 e. The van der Waals surface area contributed by atoms with Gasteiger partial charge in [0.2, 0.25) is 5.88 Å². The first kappa shape index (κ1) is 22.1. The molecule has 9 nitrogen and oxygen atoms in total.